The summed E-state index contributed by atoms with van der Waals surface area (Å²) in [7, 11) is 0. The number of hydrogen-bond acceptors (Lipinski definition) is 2. The summed E-state index contributed by atoms with van der Waals surface area (Å²) in [6.45, 7) is 4.76. The molecule has 84 valence electrons. The lowest BCUT2D eigenvalue weighted by Crippen LogP contribution is -2.24. The van der Waals surface area contributed by atoms with Crippen molar-refractivity contribution in [2.45, 2.75) is 6.42 Å². The number of carbonyl (C=O) groups is 1. The monoisotopic (exact) mass is 236 g/mol. The largest absolute Gasteiger partial charge is 0.384 e. The smallest absolute Gasteiger partial charge is 0.251 e. The lowest BCUT2D eigenvalue weighted by Gasteiger charge is -2.05. The summed E-state index contributed by atoms with van der Waals surface area (Å²) < 4.78 is 0. The number of carbonyl (C=O) groups excluding carboxylic acids is 1. The number of amides is 1. The fourth-order valence-corrected chi connectivity index (χ4v) is 1.79. The molecule has 4 heteroatoms. The average molecular weight is 237 g/mol. The Morgan fingerprint density at radius 2 is 2.38 bits per heavy atom. The highest BCUT2D eigenvalue weighted by molar-refractivity contribution is 6.29. The zero-order chi connectivity index (χ0) is 11.5. The van der Waals surface area contributed by atoms with Crippen LogP contribution in [-0.4, -0.2) is 19.0 Å². The molecule has 1 aliphatic rings. The summed E-state index contributed by atoms with van der Waals surface area (Å²) in [5.74, 6) is -0.114. The molecule has 0 unspecified atom stereocenters. The Morgan fingerprint density at radius 1 is 1.56 bits per heavy atom. The number of hydrogen-bond donors (Lipinski definition) is 2. The number of rotatable bonds is 3. The minimum absolute atomic E-state index is 0.114. The first-order valence-electron chi connectivity index (χ1n) is 5.15. The van der Waals surface area contributed by atoms with Gasteiger partial charge in [-0.3, -0.25) is 4.79 Å². The second-order valence-electron chi connectivity index (χ2n) is 3.75. The number of benzene rings is 1. The first kappa shape index (κ1) is 11.0. The summed E-state index contributed by atoms with van der Waals surface area (Å²) in [6.07, 6.45) is 0.971. The first-order chi connectivity index (χ1) is 7.66. The SMILES string of the molecule is C=C(Cl)CNC(=O)c1ccc2c(c1)CCN2. The fraction of sp³-hybridized carbons (Fsp3) is 0.250. The number of anilines is 1. The average Bonchev–Trinajstić information content (AvgIpc) is 2.72. The van der Waals surface area contributed by atoms with E-state index in [4.69, 9.17) is 11.6 Å². The van der Waals surface area contributed by atoms with Gasteiger partial charge in [-0.1, -0.05) is 18.2 Å². The Bertz CT molecular complexity index is 443. The van der Waals surface area contributed by atoms with Gasteiger partial charge in [-0.05, 0) is 30.2 Å². The van der Waals surface area contributed by atoms with Crippen LogP contribution in [0.15, 0.2) is 29.8 Å². The van der Waals surface area contributed by atoms with Crippen LogP contribution in [0.1, 0.15) is 15.9 Å². The third-order valence-electron chi connectivity index (χ3n) is 2.52. The maximum Gasteiger partial charge on any atom is 0.251 e. The quantitative estimate of drug-likeness (QED) is 0.844. The van der Waals surface area contributed by atoms with Crippen molar-refractivity contribution >= 4 is 23.2 Å². The molecule has 0 aromatic heterocycles. The van der Waals surface area contributed by atoms with E-state index in [1.807, 2.05) is 18.2 Å². The molecule has 16 heavy (non-hydrogen) atoms. The van der Waals surface area contributed by atoms with Crippen molar-refractivity contribution in [3.8, 4) is 0 Å². The highest BCUT2D eigenvalue weighted by Gasteiger charge is 2.13. The Balaban J connectivity index is 2.09. The minimum atomic E-state index is -0.114. The predicted octanol–water partition coefficient (Wildman–Crippen LogP) is 2.14. The molecular formula is C12H13ClN2O. The van der Waals surface area contributed by atoms with E-state index in [0.29, 0.717) is 17.1 Å². The molecule has 2 N–H and O–H groups in total. The van der Waals surface area contributed by atoms with Gasteiger partial charge >= 0.3 is 0 Å². The number of fused-ring (bicyclic) bond motifs is 1. The Kier molecular flexibility index (Phi) is 3.15. The van der Waals surface area contributed by atoms with Gasteiger partial charge < -0.3 is 10.6 Å². The number of nitrogens with one attached hydrogen (secondary N) is 2. The van der Waals surface area contributed by atoms with E-state index in [1.165, 1.54) is 5.56 Å². The van der Waals surface area contributed by atoms with Crippen LogP contribution in [0.25, 0.3) is 0 Å². The molecule has 0 radical (unpaired) electrons. The highest BCUT2D eigenvalue weighted by atomic mass is 35.5. The number of halogens is 1. The van der Waals surface area contributed by atoms with E-state index in [0.717, 1.165) is 18.7 Å². The standard InChI is InChI=1S/C12H13ClN2O/c1-8(13)7-15-12(16)10-2-3-11-9(6-10)4-5-14-11/h2-3,6,14H,1,4-5,7H2,(H,15,16). The molecule has 3 nitrogen and oxygen atoms in total. The van der Waals surface area contributed by atoms with Crippen LogP contribution in [0, 0.1) is 0 Å². The molecule has 0 atom stereocenters. The van der Waals surface area contributed by atoms with Gasteiger partial charge in [0.25, 0.3) is 5.91 Å². The second kappa shape index (κ2) is 4.58. The molecule has 1 aromatic rings. The van der Waals surface area contributed by atoms with Gasteiger partial charge in [-0.25, -0.2) is 0 Å². The van der Waals surface area contributed by atoms with Crippen LogP contribution in [-0.2, 0) is 6.42 Å². The molecule has 1 aliphatic heterocycles. The molecule has 0 spiro atoms. The summed E-state index contributed by atoms with van der Waals surface area (Å²) in [4.78, 5) is 11.7. The van der Waals surface area contributed by atoms with Crippen molar-refractivity contribution in [3.63, 3.8) is 0 Å². The van der Waals surface area contributed by atoms with E-state index in [9.17, 15) is 4.79 Å². The van der Waals surface area contributed by atoms with Gasteiger partial charge in [-0.2, -0.15) is 0 Å². The van der Waals surface area contributed by atoms with Gasteiger partial charge in [-0.15, -0.1) is 0 Å². The predicted molar refractivity (Wildman–Crippen MR) is 66.0 cm³/mol. The highest BCUT2D eigenvalue weighted by Crippen LogP contribution is 2.22. The van der Waals surface area contributed by atoms with Gasteiger partial charge in [0.2, 0.25) is 0 Å². The maximum atomic E-state index is 11.7. The van der Waals surface area contributed by atoms with Gasteiger partial charge in [0.05, 0.1) is 6.54 Å². The van der Waals surface area contributed by atoms with Crippen LogP contribution in [0.3, 0.4) is 0 Å². The van der Waals surface area contributed by atoms with E-state index in [-0.39, 0.29) is 5.91 Å². The van der Waals surface area contributed by atoms with Gasteiger partial charge in [0.1, 0.15) is 0 Å². The van der Waals surface area contributed by atoms with Crippen LogP contribution < -0.4 is 10.6 Å². The normalized spacial score (nSPS) is 12.8. The van der Waals surface area contributed by atoms with E-state index < -0.39 is 0 Å². The summed E-state index contributed by atoms with van der Waals surface area (Å²) in [5.41, 5.74) is 2.98. The molecule has 0 aliphatic carbocycles. The Hall–Kier alpha value is -1.48. The fourth-order valence-electron chi connectivity index (χ4n) is 1.72. The zero-order valence-electron chi connectivity index (χ0n) is 8.85. The Labute approximate surface area is 99.5 Å². The first-order valence-corrected chi connectivity index (χ1v) is 5.53. The maximum absolute atomic E-state index is 11.7. The summed E-state index contributed by atoms with van der Waals surface area (Å²) in [6, 6.07) is 5.66. The van der Waals surface area contributed by atoms with E-state index in [2.05, 4.69) is 17.2 Å². The molecule has 0 saturated heterocycles. The molecule has 0 fully saturated rings. The van der Waals surface area contributed by atoms with Crippen molar-refractivity contribution in [1.29, 1.82) is 0 Å². The molecule has 1 amide bonds. The van der Waals surface area contributed by atoms with Crippen LogP contribution >= 0.6 is 11.6 Å². The molecule has 0 bridgehead atoms. The molecule has 0 saturated carbocycles. The molecule has 1 heterocycles. The third-order valence-corrected chi connectivity index (χ3v) is 2.65. The van der Waals surface area contributed by atoms with E-state index >= 15 is 0 Å². The van der Waals surface area contributed by atoms with Crippen LogP contribution in [0.2, 0.25) is 0 Å². The molecular weight excluding hydrogens is 224 g/mol. The third kappa shape index (κ3) is 2.36. The Morgan fingerprint density at radius 3 is 3.12 bits per heavy atom. The van der Waals surface area contributed by atoms with Crippen molar-refractivity contribution < 1.29 is 4.79 Å². The van der Waals surface area contributed by atoms with Gasteiger partial charge in [0, 0.05) is 22.8 Å². The van der Waals surface area contributed by atoms with E-state index in [1.54, 1.807) is 0 Å². The van der Waals surface area contributed by atoms with Crippen molar-refractivity contribution in [2.75, 3.05) is 18.4 Å². The zero-order valence-corrected chi connectivity index (χ0v) is 9.60. The van der Waals surface area contributed by atoms with Crippen LogP contribution in [0.5, 0.6) is 0 Å². The van der Waals surface area contributed by atoms with Crippen LogP contribution in [0.4, 0.5) is 5.69 Å². The van der Waals surface area contributed by atoms with Crippen molar-refractivity contribution in [1.82, 2.24) is 5.32 Å². The van der Waals surface area contributed by atoms with Gasteiger partial charge in [0.15, 0.2) is 0 Å². The summed E-state index contributed by atoms with van der Waals surface area (Å²) in [5, 5.41) is 6.38. The minimum Gasteiger partial charge on any atom is -0.384 e. The lowest BCUT2D eigenvalue weighted by molar-refractivity contribution is 0.0957. The summed E-state index contributed by atoms with van der Waals surface area (Å²) >= 11 is 5.58. The molecule has 1 aromatic carbocycles. The topological polar surface area (TPSA) is 41.1 Å². The van der Waals surface area contributed by atoms with Crippen molar-refractivity contribution in [3.05, 3.63) is 40.9 Å². The van der Waals surface area contributed by atoms with Crippen molar-refractivity contribution in [2.24, 2.45) is 0 Å². The second-order valence-corrected chi connectivity index (χ2v) is 4.28. The lowest BCUT2D eigenvalue weighted by atomic mass is 10.1. The molecule has 2 rings (SSSR count).